The Labute approximate surface area is 254 Å². The number of Topliss-reactive ketones (excluding diaryl/α,β-unsaturated/α-hetero) is 6. The Hall–Kier alpha value is -3.00. The van der Waals surface area contributed by atoms with Crippen LogP contribution in [0, 0.1) is 34.5 Å². The number of benzene rings is 1. The van der Waals surface area contributed by atoms with E-state index in [9.17, 15) is 39.0 Å². The summed E-state index contributed by atoms with van der Waals surface area (Å²) < 4.78 is 0. The minimum absolute atomic E-state index is 0.00750. The topological polar surface area (TPSA) is 143 Å². The zero-order chi connectivity index (χ0) is 32.4. The molecule has 8 nitrogen and oxygen atoms in total. The Kier molecular flexibility index (Phi) is 8.55. The zero-order valence-electron chi connectivity index (χ0n) is 26.8. The van der Waals surface area contributed by atoms with Gasteiger partial charge in [0.05, 0.1) is 11.5 Å². The van der Waals surface area contributed by atoms with Crippen LogP contribution in [0.1, 0.15) is 120 Å². The zero-order valence-corrected chi connectivity index (χ0v) is 26.8. The molecule has 0 aromatic heterocycles. The molecule has 0 aliphatic heterocycles. The fourth-order valence-corrected chi connectivity index (χ4v) is 8.77. The quantitative estimate of drug-likeness (QED) is 0.384. The molecular formula is C35H46O8. The van der Waals surface area contributed by atoms with E-state index in [4.69, 9.17) is 0 Å². The molecule has 1 aromatic carbocycles. The maximum absolute atomic E-state index is 14.5. The van der Waals surface area contributed by atoms with Gasteiger partial charge in [-0.05, 0) is 66.5 Å². The van der Waals surface area contributed by atoms with Crippen LogP contribution in [-0.2, 0) is 36.8 Å². The fourth-order valence-electron chi connectivity index (χ4n) is 8.77. The number of hydrogen-bond acceptors (Lipinski definition) is 8. The average molecular weight is 595 g/mol. The van der Waals surface area contributed by atoms with Gasteiger partial charge in [0, 0.05) is 24.2 Å². The summed E-state index contributed by atoms with van der Waals surface area (Å²) in [5, 5.41) is 23.7. The summed E-state index contributed by atoms with van der Waals surface area (Å²) in [5.74, 6) is -8.98. The standard InChI is InChI=1S/C35H46O8/c1-9-10-11-21(37)13-12-20-14-22(17(2)3)23-15-33(7)16-34(8)26(18(4)5)29(39)24(19(6)36)31(41)35(34,43)32(42)27(33)30(40)25(23)28(20)38/h14,17-18,24,26-27,38,43H,9-13,15-16H2,1-8H3/t24?,26?,27?,33-,34-,35+/m1/s1. The highest BCUT2D eigenvalue weighted by Crippen LogP contribution is 2.64. The Balaban J connectivity index is 1.89. The molecule has 2 fully saturated rings. The lowest BCUT2D eigenvalue weighted by molar-refractivity contribution is -0.205. The number of aliphatic hydroxyl groups is 1. The van der Waals surface area contributed by atoms with E-state index in [-0.39, 0.29) is 48.7 Å². The van der Waals surface area contributed by atoms with Crippen LogP contribution in [-0.4, -0.2) is 50.5 Å². The van der Waals surface area contributed by atoms with Crippen LogP contribution in [0.25, 0.3) is 0 Å². The van der Waals surface area contributed by atoms with Crippen molar-refractivity contribution in [1.29, 1.82) is 0 Å². The van der Waals surface area contributed by atoms with Crippen LogP contribution in [0.5, 0.6) is 5.75 Å². The first-order valence-corrected chi connectivity index (χ1v) is 15.7. The molecule has 43 heavy (non-hydrogen) atoms. The van der Waals surface area contributed by atoms with Crippen molar-refractivity contribution in [2.75, 3.05) is 0 Å². The Morgan fingerprint density at radius 1 is 1.02 bits per heavy atom. The minimum atomic E-state index is -2.72. The minimum Gasteiger partial charge on any atom is -0.507 e. The van der Waals surface area contributed by atoms with Gasteiger partial charge in [0.1, 0.15) is 23.2 Å². The molecule has 0 spiro atoms. The van der Waals surface area contributed by atoms with Crippen molar-refractivity contribution in [3.8, 4) is 5.75 Å². The summed E-state index contributed by atoms with van der Waals surface area (Å²) >= 11 is 0. The van der Waals surface area contributed by atoms with Gasteiger partial charge in [-0.2, -0.15) is 0 Å². The van der Waals surface area contributed by atoms with E-state index in [1.54, 1.807) is 27.7 Å². The van der Waals surface area contributed by atoms with Crippen LogP contribution < -0.4 is 0 Å². The number of aromatic hydroxyl groups is 1. The highest BCUT2D eigenvalue weighted by molar-refractivity contribution is 6.32. The van der Waals surface area contributed by atoms with Crippen molar-refractivity contribution < 1.29 is 39.0 Å². The van der Waals surface area contributed by atoms with Gasteiger partial charge in [-0.25, -0.2) is 0 Å². The van der Waals surface area contributed by atoms with E-state index in [0.29, 0.717) is 17.5 Å². The molecule has 3 unspecified atom stereocenters. The summed E-state index contributed by atoms with van der Waals surface area (Å²) in [6, 6.07) is 1.85. The predicted molar refractivity (Wildman–Crippen MR) is 160 cm³/mol. The summed E-state index contributed by atoms with van der Waals surface area (Å²) in [7, 11) is 0. The second kappa shape index (κ2) is 11.2. The number of aryl methyl sites for hydroxylation is 1. The molecule has 0 amide bonds. The second-order valence-electron chi connectivity index (χ2n) is 14.5. The van der Waals surface area contributed by atoms with Gasteiger partial charge in [-0.3, -0.25) is 28.8 Å². The van der Waals surface area contributed by atoms with Crippen LogP contribution >= 0.6 is 0 Å². The smallest absolute Gasteiger partial charge is 0.190 e. The lowest BCUT2D eigenvalue weighted by atomic mass is 9.39. The predicted octanol–water partition coefficient (Wildman–Crippen LogP) is 4.91. The first-order chi connectivity index (χ1) is 19.9. The average Bonchev–Trinajstić information content (AvgIpc) is 2.88. The molecule has 0 bridgehead atoms. The summed E-state index contributed by atoms with van der Waals surface area (Å²) in [6.45, 7) is 13.9. The maximum Gasteiger partial charge on any atom is 0.190 e. The third-order valence-corrected chi connectivity index (χ3v) is 10.6. The second-order valence-corrected chi connectivity index (χ2v) is 14.5. The Bertz CT molecular complexity index is 1420. The lowest BCUT2D eigenvalue weighted by Gasteiger charge is -2.62. The van der Waals surface area contributed by atoms with E-state index in [1.165, 1.54) is 0 Å². The molecule has 234 valence electrons. The number of phenols is 1. The number of fused-ring (bicyclic) bond motifs is 3. The Morgan fingerprint density at radius 2 is 1.65 bits per heavy atom. The van der Waals surface area contributed by atoms with E-state index in [2.05, 4.69) is 0 Å². The highest BCUT2D eigenvalue weighted by atomic mass is 16.3. The molecular weight excluding hydrogens is 548 g/mol. The van der Waals surface area contributed by atoms with Gasteiger partial charge < -0.3 is 10.2 Å². The molecule has 6 atom stereocenters. The van der Waals surface area contributed by atoms with Crippen molar-refractivity contribution in [3.63, 3.8) is 0 Å². The van der Waals surface area contributed by atoms with E-state index < -0.39 is 69.0 Å². The van der Waals surface area contributed by atoms with Crippen molar-refractivity contribution in [2.45, 2.75) is 112 Å². The molecule has 0 heterocycles. The number of unbranched alkanes of at least 4 members (excludes halogenated alkanes) is 1. The fraction of sp³-hybridized carbons (Fsp3) is 0.657. The number of carbonyl (C=O) groups excluding carboxylic acids is 6. The van der Waals surface area contributed by atoms with Gasteiger partial charge >= 0.3 is 0 Å². The summed E-state index contributed by atoms with van der Waals surface area (Å²) in [4.78, 5) is 81.4. The monoisotopic (exact) mass is 594 g/mol. The molecule has 2 N–H and O–H groups in total. The third-order valence-electron chi connectivity index (χ3n) is 10.6. The summed E-state index contributed by atoms with van der Waals surface area (Å²) in [5.41, 5.74) is -3.41. The maximum atomic E-state index is 14.5. The van der Waals surface area contributed by atoms with Crippen molar-refractivity contribution >= 4 is 34.7 Å². The Morgan fingerprint density at radius 3 is 2.19 bits per heavy atom. The van der Waals surface area contributed by atoms with Crippen LogP contribution in [0.15, 0.2) is 6.07 Å². The van der Waals surface area contributed by atoms with Gasteiger partial charge in [-0.15, -0.1) is 0 Å². The number of ketones is 6. The molecule has 0 saturated heterocycles. The first-order valence-electron chi connectivity index (χ1n) is 15.7. The third kappa shape index (κ3) is 4.75. The van der Waals surface area contributed by atoms with Gasteiger partial charge in [0.25, 0.3) is 0 Å². The SMILES string of the molecule is CCCCC(=O)CCc1cc(C(C)C)c2c(c1O)C(=O)C1C(=O)[C@@]3(O)C(=O)C(C(C)=O)C(=O)C(C(C)C)[C@@]3(C)C[C@@]1(C)C2. The van der Waals surface area contributed by atoms with E-state index >= 15 is 0 Å². The molecule has 4 rings (SSSR count). The molecule has 8 heteroatoms. The first kappa shape index (κ1) is 32.9. The molecule has 0 radical (unpaired) electrons. The number of rotatable bonds is 9. The number of carbonyl (C=O) groups is 6. The van der Waals surface area contributed by atoms with Crippen molar-refractivity contribution in [1.82, 2.24) is 0 Å². The van der Waals surface area contributed by atoms with E-state index in [0.717, 1.165) is 25.3 Å². The normalized spacial score (nSPS) is 32.1. The molecule has 1 aromatic rings. The summed E-state index contributed by atoms with van der Waals surface area (Å²) in [6.07, 6.45) is 2.81. The van der Waals surface area contributed by atoms with Gasteiger partial charge in [0.15, 0.2) is 28.7 Å². The largest absolute Gasteiger partial charge is 0.507 e. The van der Waals surface area contributed by atoms with Crippen molar-refractivity contribution in [2.24, 2.45) is 34.5 Å². The van der Waals surface area contributed by atoms with Crippen LogP contribution in [0.2, 0.25) is 0 Å². The van der Waals surface area contributed by atoms with Gasteiger partial charge in [0.2, 0.25) is 0 Å². The highest BCUT2D eigenvalue weighted by Gasteiger charge is 2.76. The van der Waals surface area contributed by atoms with Crippen LogP contribution in [0.4, 0.5) is 0 Å². The number of phenolic OH excluding ortho intramolecular Hbond substituents is 1. The van der Waals surface area contributed by atoms with Crippen molar-refractivity contribution in [3.05, 3.63) is 28.3 Å². The number of hydrogen-bond donors (Lipinski definition) is 2. The van der Waals surface area contributed by atoms with E-state index in [1.807, 2.05) is 26.8 Å². The molecule has 2 saturated carbocycles. The lowest BCUT2D eigenvalue weighted by Crippen LogP contribution is -2.76. The molecule has 3 aliphatic carbocycles. The van der Waals surface area contributed by atoms with Crippen LogP contribution in [0.3, 0.4) is 0 Å². The molecule has 3 aliphatic rings. The van der Waals surface area contributed by atoms with Gasteiger partial charge in [-0.1, -0.05) is 61.0 Å².